The van der Waals surface area contributed by atoms with Gasteiger partial charge in [0.2, 0.25) is 5.89 Å². The normalized spacial score (nSPS) is 23.9. The molecule has 184 valence electrons. The molecule has 3 saturated heterocycles. The van der Waals surface area contributed by atoms with Gasteiger partial charge in [0.15, 0.2) is 0 Å². The lowest BCUT2D eigenvalue weighted by atomic mass is 10.0. The van der Waals surface area contributed by atoms with E-state index in [1.807, 2.05) is 25.7 Å². The third-order valence-electron chi connectivity index (χ3n) is 6.25. The minimum Gasteiger partial charge on any atom is -0.444 e. The number of hydroxylamine groups is 2. The molecule has 1 aromatic heterocycles. The largest absolute Gasteiger partial charge is 0.444 e. The van der Waals surface area contributed by atoms with E-state index in [1.165, 1.54) is 5.06 Å². The van der Waals surface area contributed by atoms with E-state index in [9.17, 15) is 9.59 Å². The molecule has 33 heavy (non-hydrogen) atoms. The summed E-state index contributed by atoms with van der Waals surface area (Å²) in [6, 6.07) is 0.262. The molecule has 0 spiro atoms. The number of aromatic nitrogens is 2. The molecule has 1 N–H and O–H groups in total. The van der Waals surface area contributed by atoms with Crippen LogP contribution >= 0.6 is 0 Å². The van der Waals surface area contributed by atoms with E-state index in [-0.39, 0.29) is 30.2 Å². The summed E-state index contributed by atoms with van der Waals surface area (Å²) in [5, 5.41) is 13.0. The second-order valence-electron chi connectivity index (χ2n) is 10.0. The van der Waals surface area contributed by atoms with Crippen LogP contribution in [0.5, 0.6) is 0 Å². The van der Waals surface area contributed by atoms with Crippen LogP contribution in [-0.2, 0) is 9.57 Å². The molecule has 4 heterocycles. The van der Waals surface area contributed by atoms with Gasteiger partial charge in [-0.3, -0.25) is 4.84 Å². The summed E-state index contributed by atoms with van der Waals surface area (Å²) in [6.45, 7) is 10.2. The Kier molecular flexibility index (Phi) is 6.96. The Morgan fingerprint density at radius 2 is 1.94 bits per heavy atom. The van der Waals surface area contributed by atoms with Gasteiger partial charge in [-0.15, -0.1) is 5.10 Å². The zero-order chi connectivity index (χ0) is 23.6. The van der Waals surface area contributed by atoms with Crippen molar-refractivity contribution in [3.05, 3.63) is 5.89 Å². The fourth-order valence-electron chi connectivity index (χ4n) is 4.54. The third kappa shape index (κ3) is 5.51. The number of ether oxygens (including phenoxy) is 1. The maximum atomic E-state index is 12.9. The highest BCUT2D eigenvalue weighted by atomic mass is 16.7. The highest BCUT2D eigenvalue weighted by Gasteiger charge is 2.47. The SMILES string of the molecule is CCCCON1C(=O)N2C[C@H]1CC[C@H]2c1nnc(N2CCC(NC(=O)OC(C)(C)C)CC2)o1. The molecule has 0 radical (unpaired) electrons. The molecule has 3 fully saturated rings. The van der Waals surface area contributed by atoms with Crippen LogP contribution in [0.15, 0.2) is 4.42 Å². The van der Waals surface area contributed by atoms with Gasteiger partial charge in [-0.1, -0.05) is 18.4 Å². The van der Waals surface area contributed by atoms with E-state index in [0.717, 1.165) is 38.5 Å². The monoisotopic (exact) mass is 464 g/mol. The number of fused-ring (bicyclic) bond motifs is 2. The predicted molar refractivity (Wildman–Crippen MR) is 119 cm³/mol. The summed E-state index contributed by atoms with van der Waals surface area (Å²) in [5.41, 5.74) is -0.514. The van der Waals surface area contributed by atoms with Crippen molar-refractivity contribution in [3.8, 4) is 0 Å². The molecule has 11 heteroatoms. The molecule has 2 atom stereocenters. The van der Waals surface area contributed by atoms with E-state index < -0.39 is 5.60 Å². The summed E-state index contributed by atoms with van der Waals surface area (Å²) in [5.74, 6) is 0.473. The second kappa shape index (κ2) is 9.74. The van der Waals surface area contributed by atoms with E-state index in [2.05, 4.69) is 22.4 Å². The summed E-state index contributed by atoms with van der Waals surface area (Å²) in [6.07, 6.45) is 4.70. The van der Waals surface area contributed by atoms with Crippen molar-refractivity contribution >= 4 is 18.1 Å². The molecule has 2 bridgehead atoms. The quantitative estimate of drug-likeness (QED) is 0.612. The fourth-order valence-corrected chi connectivity index (χ4v) is 4.54. The lowest BCUT2D eigenvalue weighted by molar-refractivity contribution is -0.130. The van der Waals surface area contributed by atoms with Crippen LogP contribution in [0.1, 0.15) is 78.2 Å². The second-order valence-corrected chi connectivity index (χ2v) is 10.0. The van der Waals surface area contributed by atoms with Gasteiger partial charge in [-0.2, -0.15) is 5.06 Å². The first kappa shape index (κ1) is 23.6. The average molecular weight is 465 g/mol. The standard InChI is InChI=1S/C22H36N6O5/c1-5-6-13-31-28-16-7-8-17(27(14-16)21(28)30)18-24-25-19(32-18)26-11-9-15(10-12-26)23-20(29)33-22(2,3)4/h15-17H,5-14H2,1-4H3,(H,23,29)/t16-,17+/m1/s1. The lowest BCUT2D eigenvalue weighted by Gasteiger charge is -2.31. The van der Waals surface area contributed by atoms with Crippen molar-refractivity contribution in [1.82, 2.24) is 25.5 Å². The summed E-state index contributed by atoms with van der Waals surface area (Å²) >= 11 is 0. The van der Waals surface area contributed by atoms with Crippen LogP contribution in [0.2, 0.25) is 0 Å². The minimum atomic E-state index is -0.514. The molecule has 0 saturated carbocycles. The van der Waals surface area contributed by atoms with Crippen molar-refractivity contribution in [3.63, 3.8) is 0 Å². The fraction of sp³-hybridized carbons (Fsp3) is 0.818. The number of anilines is 1. The first-order valence-electron chi connectivity index (χ1n) is 12.1. The van der Waals surface area contributed by atoms with E-state index >= 15 is 0 Å². The highest BCUT2D eigenvalue weighted by molar-refractivity contribution is 5.77. The molecule has 4 rings (SSSR count). The zero-order valence-corrected chi connectivity index (χ0v) is 20.1. The number of unbranched alkanes of at least 4 members (excludes halogenated alkanes) is 1. The van der Waals surface area contributed by atoms with Crippen molar-refractivity contribution < 1.29 is 23.6 Å². The lowest BCUT2D eigenvalue weighted by Crippen LogP contribution is -2.46. The number of nitrogens with one attached hydrogen (secondary N) is 1. The Labute approximate surface area is 194 Å². The van der Waals surface area contributed by atoms with Crippen LogP contribution in [-0.4, -0.2) is 76.2 Å². The Balaban J connectivity index is 1.30. The van der Waals surface area contributed by atoms with Crippen molar-refractivity contribution in [2.24, 2.45) is 0 Å². The number of alkyl carbamates (subject to hydrolysis) is 1. The Bertz CT molecular complexity index is 831. The summed E-state index contributed by atoms with van der Waals surface area (Å²) < 4.78 is 11.4. The predicted octanol–water partition coefficient (Wildman–Crippen LogP) is 3.24. The maximum absolute atomic E-state index is 12.9. The smallest absolute Gasteiger partial charge is 0.407 e. The van der Waals surface area contributed by atoms with Gasteiger partial charge in [0.25, 0.3) is 0 Å². The van der Waals surface area contributed by atoms with Gasteiger partial charge < -0.3 is 24.3 Å². The molecule has 0 aromatic carbocycles. The molecule has 3 aliphatic heterocycles. The van der Waals surface area contributed by atoms with Crippen LogP contribution in [0.4, 0.5) is 15.6 Å². The van der Waals surface area contributed by atoms with Gasteiger partial charge in [0.1, 0.15) is 11.6 Å². The molecule has 0 unspecified atom stereocenters. The van der Waals surface area contributed by atoms with E-state index in [4.69, 9.17) is 14.0 Å². The number of rotatable bonds is 7. The minimum absolute atomic E-state index is 0.0506. The van der Waals surface area contributed by atoms with Crippen LogP contribution in [0, 0.1) is 0 Å². The molecule has 0 aliphatic carbocycles. The van der Waals surface area contributed by atoms with Crippen molar-refractivity contribution in [2.45, 2.75) is 89.9 Å². The van der Waals surface area contributed by atoms with Crippen molar-refractivity contribution in [2.75, 3.05) is 31.1 Å². The molecule has 1 aromatic rings. The van der Waals surface area contributed by atoms with Crippen molar-refractivity contribution in [1.29, 1.82) is 0 Å². The summed E-state index contributed by atoms with van der Waals surface area (Å²) in [4.78, 5) is 34.4. The Morgan fingerprint density at radius 3 is 2.64 bits per heavy atom. The molecular weight excluding hydrogens is 428 g/mol. The highest BCUT2D eigenvalue weighted by Crippen LogP contribution is 2.38. The number of nitrogens with zero attached hydrogens (tertiary/aromatic N) is 5. The molecule has 3 aliphatic rings. The Hall–Kier alpha value is -2.56. The van der Waals surface area contributed by atoms with Gasteiger partial charge in [-0.05, 0) is 52.9 Å². The van der Waals surface area contributed by atoms with E-state index in [1.54, 1.807) is 4.90 Å². The first-order chi connectivity index (χ1) is 15.7. The topological polar surface area (TPSA) is 113 Å². The molecular formula is C22H36N6O5. The Morgan fingerprint density at radius 1 is 1.18 bits per heavy atom. The number of carbonyl (C=O) groups excluding carboxylic acids is 2. The third-order valence-corrected chi connectivity index (χ3v) is 6.25. The van der Waals surface area contributed by atoms with Crippen LogP contribution < -0.4 is 10.2 Å². The number of amides is 3. The number of carbonyl (C=O) groups is 2. The summed E-state index contributed by atoms with van der Waals surface area (Å²) in [7, 11) is 0. The van der Waals surface area contributed by atoms with Gasteiger partial charge in [0, 0.05) is 25.7 Å². The average Bonchev–Trinajstić information content (AvgIpc) is 3.33. The van der Waals surface area contributed by atoms with E-state index in [0.29, 0.717) is 38.1 Å². The van der Waals surface area contributed by atoms with Crippen LogP contribution in [0.3, 0.4) is 0 Å². The first-order valence-corrected chi connectivity index (χ1v) is 12.1. The number of hydrogen-bond acceptors (Lipinski definition) is 8. The number of piperidine rings is 2. The van der Waals surface area contributed by atoms with Gasteiger partial charge in [-0.25, -0.2) is 9.59 Å². The van der Waals surface area contributed by atoms with Crippen LogP contribution in [0.25, 0.3) is 0 Å². The van der Waals surface area contributed by atoms with Gasteiger partial charge in [0.05, 0.1) is 12.6 Å². The van der Waals surface area contributed by atoms with Gasteiger partial charge >= 0.3 is 18.1 Å². The number of hydrogen-bond donors (Lipinski definition) is 1. The maximum Gasteiger partial charge on any atom is 0.407 e. The zero-order valence-electron chi connectivity index (χ0n) is 20.1. The molecule has 3 amide bonds. The molecule has 11 nitrogen and oxygen atoms in total. The number of urea groups is 1.